The molecule has 0 saturated heterocycles. The molecule has 2 aromatic rings. The number of carbonyl (C=O) groups excluding carboxylic acids is 9. The van der Waals surface area contributed by atoms with E-state index in [0.717, 1.165) is 19.4 Å². The van der Waals surface area contributed by atoms with Gasteiger partial charge in [0.1, 0.15) is 48.8 Å². The lowest BCUT2D eigenvalue weighted by Crippen LogP contribution is -2.62. The Morgan fingerprint density at radius 3 is 1.83 bits per heavy atom. The van der Waals surface area contributed by atoms with Gasteiger partial charge in [-0.05, 0) is 90.7 Å². The number of hydrogen-bond acceptors (Lipinski definition) is 16. The molecule has 452 valence electrons. The van der Waals surface area contributed by atoms with Crippen molar-refractivity contribution in [3.05, 3.63) is 54.1 Å². The van der Waals surface area contributed by atoms with Crippen molar-refractivity contribution in [3.63, 3.8) is 0 Å². The summed E-state index contributed by atoms with van der Waals surface area (Å²) < 4.78 is 0. The van der Waals surface area contributed by atoms with Gasteiger partial charge in [0.25, 0.3) is 0 Å². The maximum Gasteiger partial charge on any atom is 0.323 e. The van der Waals surface area contributed by atoms with Crippen LogP contribution in [-0.2, 0) is 60.8 Å². The number of nitrogens with one attached hydrogen (secondary N) is 9. The highest BCUT2D eigenvalue weighted by molar-refractivity contribution is 5.98. The lowest BCUT2D eigenvalue weighted by Gasteiger charge is -2.34. The number of imidazole rings is 1. The lowest BCUT2D eigenvalue weighted by molar-refractivity contribution is -0.148. The molecule has 29 nitrogen and oxygen atoms in total. The van der Waals surface area contributed by atoms with E-state index in [2.05, 4.69) is 57.5 Å². The Morgan fingerprint density at radius 2 is 1.26 bits per heavy atom. The summed E-state index contributed by atoms with van der Waals surface area (Å²) in [5.41, 5.74) is 23.6. The van der Waals surface area contributed by atoms with Gasteiger partial charge in [-0.2, -0.15) is 0 Å². The van der Waals surface area contributed by atoms with Crippen LogP contribution in [0.1, 0.15) is 105 Å². The molecule has 81 heavy (non-hydrogen) atoms. The van der Waals surface area contributed by atoms with Crippen molar-refractivity contribution in [2.75, 3.05) is 26.2 Å². The minimum absolute atomic E-state index is 0.00606. The van der Waals surface area contributed by atoms with Crippen LogP contribution in [0.5, 0.6) is 0 Å². The monoisotopic (exact) mass is 1140 g/mol. The normalized spacial score (nSPS) is 15.5. The quantitative estimate of drug-likeness (QED) is 0.0173. The average Bonchev–Trinajstić information content (AvgIpc) is 3.98. The van der Waals surface area contributed by atoms with E-state index in [-0.39, 0.29) is 57.6 Å². The Kier molecular flexibility index (Phi) is 30.6. The number of rotatable bonds is 37. The largest absolute Gasteiger partial charge is 0.480 e. The van der Waals surface area contributed by atoms with Gasteiger partial charge in [0.2, 0.25) is 53.2 Å². The van der Waals surface area contributed by atoms with Gasteiger partial charge in [-0.15, -0.1) is 0 Å². The summed E-state index contributed by atoms with van der Waals surface area (Å²) in [5, 5.41) is 51.0. The van der Waals surface area contributed by atoms with Crippen LogP contribution in [0, 0.1) is 5.92 Å². The number of aromatic nitrogens is 2. The van der Waals surface area contributed by atoms with E-state index in [1.54, 1.807) is 45.9 Å². The molecular formula is C52H86N16O13. The number of carboxylic acid groups (broad SMARTS) is 1. The summed E-state index contributed by atoms with van der Waals surface area (Å²) in [6, 6.07) is -2.57. The molecule has 0 fully saturated rings. The number of guanidine groups is 1. The number of aliphatic hydroxyl groups excluding tert-OH is 2. The van der Waals surface area contributed by atoms with Crippen LogP contribution in [0.15, 0.2) is 47.8 Å². The number of aromatic amines is 1. The van der Waals surface area contributed by atoms with Gasteiger partial charge in [-0.1, -0.05) is 57.5 Å². The van der Waals surface area contributed by atoms with E-state index in [0.29, 0.717) is 25.0 Å². The molecule has 0 saturated carbocycles. The van der Waals surface area contributed by atoms with Crippen LogP contribution in [0.3, 0.4) is 0 Å². The van der Waals surface area contributed by atoms with Crippen LogP contribution < -0.4 is 65.5 Å². The number of H-pyrrole nitrogens is 1. The topological polar surface area (TPSA) is 476 Å². The first-order valence-corrected chi connectivity index (χ1v) is 27.0. The zero-order chi connectivity index (χ0) is 60.9. The average molecular weight is 1140 g/mol. The molecule has 12 atom stereocenters. The van der Waals surface area contributed by atoms with Crippen molar-refractivity contribution in [3.8, 4) is 0 Å². The number of amides is 9. The zero-order valence-corrected chi connectivity index (χ0v) is 47.2. The van der Waals surface area contributed by atoms with Crippen LogP contribution in [0.2, 0.25) is 0 Å². The molecule has 0 aliphatic carbocycles. The predicted octanol–water partition coefficient (Wildman–Crippen LogP) is -4.25. The molecule has 0 radical (unpaired) electrons. The highest BCUT2D eigenvalue weighted by Gasteiger charge is 2.37. The van der Waals surface area contributed by atoms with Crippen molar-refractivity contribution in [2.45, 2.75) is 173 Å². The van der Waals surface area contributed by atoms with E-state index >= 15 is 0 Å². The van der Waals surface area contributed by atoms with Crippen LogP contribution in [0.4, 0.5) is 0 Å². The van der Waals surface area contributed by atoms with Gasteiger partial charge < -0.3 is 90.7 Å². The number of nitrogens with zero attached hydrogens (tertiary/aromatic N) is 3. The number of hydrogen-bond donors (Lipinski definition) is 16. The molecule has 20 N–H and O–H groups in total. The van der Waals surface area contributed by atoms with E-state index in [1.165, 1.54) is 24.3 Å². The third-order valence-electron chi connectivity index (χ3n) is 13.3. The third kappa shape index (κ3) is 24.7. The standard InChI is InChI=1S/C52H86N16O13/c1-8-28(3)41(51(81)68(26-40(72)73)29(4)9-2)65-47(77)36(18-13-21-53)62-39(71)25-59-49(79)42(31(6)69)67-50(80)43(32(7)70)66-48(78)38(23-34-24-57-27-60-34)64-46(76)37(20-19-33-15-11-10-12-16-33)63-44(74)30(5)61-45(75)35(54)17-14-22-58-52(55)56/h10-12,15-16,24,27-32,35-38,41-43,69-70H,8-9,13-14,17-23,25-26,53-54H2,1-7H3,(H,57,60)(H,59,79)(H,61,75)(H,62,71)(H,63,74)(H,64,76)(H,65,77)(H,66,78)(H,67,80)(H,72,73)(H4,55,56,58)/t28?,29?,30-,31+,32+,35-,36-,37-,38-,41-,42-,43-/m0/s1. The smallest absolute Gasteiger partial charge is 0.323 e. The summed E-state index contributed by atoms with van der Waals surface area (Å²) >= 11 is 0. The van der Waals surface area contributed by atoms with Crippen molar-refractivity contribution in [1.29, 1.82) is 0 Å². The first kappa shape index (κ1) is 69.3. The predicted molar refractivity (Wildman–Crippen MR) is 297 cm³/mol. The van der Waals surface area contributed by atoms with E-state index in [1.807, 2.05) is 12.1 Å². The third-order valence-corrected chi connectivity index (χ3v) is 13.3. The van der Waals surface area contributed by atoms with Crippen molar-refractivity contribution >= 4 is 65.1 Å². The second-order valence-electron chi connectivity index (χ2n) is 19.9. The molecule has 1 aromatic heterocycles. The zero-order valence-electron chi connectivity index (χ0n) is 47.2. The minimum Gasteiger partial charge on any atom is -0.480 e. The summed E-state index contributed by atoms with van der Waals surface area (Å²) in [6.07, 6.45) is 1.10. The highest BCUT2D eigenvalue weighted by atomic mass is 16.4. The maximum absolute atomic E-state index is 14.2. The molecule has 1 aromatic carbocycles. The van der Waals surface area contributed by atoms with Gasteiger partial charge >= 0.3 is 5.97 Å². The Morgan fingerprint density at radius 1 is 0.679 bits per heavy atom. The van der Waals surface area contributed by atoms with Gasteiger partial charge in [-0.3, -0.25) is 52.9 Å². The van der Waals surface area contributed by atoms with Crippen LogP contribution >= 0.6 is 0 Å². The minimum atomic E-state index is -1.83. The van der Waals surface area contributed by atoms with Crippen molar-refractivity contribution in [1.82, 2.24) is 57.4 Å². The van der Waals surface area contributed by atoms with Crippen molar-refractivity contribution < 1.29 is 63.3 Å². The molecule has 0 aliphatic rings. The second-order valence-corrected chi connectivity index (χ2v) is 19.9. The van der Waals surface area contributed by atoms with Gasteiger partial charge in [-0.25, -0.2) is 4.98 Å². The number of carboxylic acids is 1. The van der Waals surface area contributed by atoms with Gasteiger partial charge in [0.15, 0.2) is 5.96 Å². The first-order valence-electron chi connectivity index (χ1n) is 27.0. The Balaban J connectivity index is 2.29. The number of nitrogens with two attached hydrogens (primary N) is 4. The molecular weight excluding hydrogens is 1060 g/mol. The Hall–Kier alpha value is -7.76. The number of aliphatic carboxylic acids is 1. The molecule has 9 amide bonds. The van der Waals surface area contributed by atoms with Crippen LogP contribution in [0.25, 0.3) is 0 Å². The van der Waals surface area contributed by atoms with Crippen LogP contribution in [-0.4, -0.2) is 188 Å². The molecule has 1 heterocycles. The SMILES string of the molecule is CCC(C)[C@H](NC(=O)[C@H](CCCN)NC(=O)CNC(=O)[C@@H](NC(=O)[C@@H](NC(=O)[C@H](Cc1cnc[nH]1)NC(=O)[C@H](CCc1ccccc1)NC(=O)[C@H](C)NC(=O)[C@@H](N)CCCN=C(N)N)[C@@H](C)O)[C@@H](C)O)C(=O)N(CC(=O)O)C(C)CC. The molecule has 0 spiro atoms. The van der Waals surface area contributed by atoms with Gasteiger partial charge in [0.05, 0.1) is 31.1 Å². The molecule has 2 rings (SSSR count). The summed E-state index contributed by atoms with van der Waals surface area (Å²) in [5.74, 6) is -9.65. The van der Waals surface area contributed by atoms with E-state index in [4.69, 9.17) is 22.9 Å². The first-order chi connectivity index (χ1) is 38.2. The molecule has 2 unspecified atom stereocenters. The summed E-state index contributed by atoms with van der Waals surface area (Å²) in [7, 11) is 0. The van der Waals surface area contributed by atoms with Gasteiger partial charge in [0, 0.05) is 30.9 Å². The fourth-order valence-electron chi connectivity index (χ4n) is 8.01. The fraction of sp³-hybridized carbons (Fsp3) is 0.615. The maximum atomic E-state index is 14.2. The Bertz CT molecular complexity index is 2390. The number of carbonyl (C=O) groups is 10. The number of aliphatic hydroxyl groups is 2. The second kappa shape index (κ2) is 35.8. The lowest BCUT2D eigenvalue weighted by atomic mass is 9.96. The number of aryl methyl sites for hydroxylation is 1. The molecule has 0 bridgehead atoms. The fourth-order valence-corrected chi connectivity index (χ4v) is 8.01. The Labute approximate surface area is 471 Å². The highest BCUT2D eigenvalue weighted by Crippen LogP contribution is 2.16. The number of benzene rings is 1. The molecule has 0 aliphatic heterocycles. The van der Waals surface area contributed by atoms with E-state index < -0.39 is 145 Å². The molecule has 29 heteroatoms. The number of aliphatic imine (C=N–C) groups is 1. The van der Waals surface area contributed by atoms with Crippen molar-refractivity contribution in [2.24, 2.45) is 33.8 Å². The van der Waals surface area contributed by atoms with E-state index in [9.17, 15) is 63.3 Å². The summed E-state index contributed by atoms with van der Waals surface area (Å²) in [4.78, 5) is 147. The summed E-state index contributed by atoms with van der Waals surface area (Å²) in [6.45, 7) is 9.60.